The number of rotatable bonds is 13. The molecule has 0 saturated heterocycles. The molecular formula is C24H32FN3O3. The van der Waals surface area contributed by atoms with Crippen molar-refractivity contribution in [2.45, 2.75) is 57.2 Å². The standard InChI is InChI=1S/C24H32FN3O3/c1-24(25,23(26)31)14-12-19(17-21(29)11-10-18-7-3-2-4-8-18)22(30)28-16-13-20-9-5-6-15-27-20/h2-9,15,19,21,29H,10-14,16-17H2,1H3,(H2,26,31)(H,28,30)/t19-,21+,24?/m1/s1. The number of aliphatic hydroxyl groups is 1. The maximum atomic E-state index is 14.3. The van der Waals surface area contributed by atoms with E-state index in [1.165, 1.54) is 0 Å². The van der Waals surface area contributed by atoms with Gasteiger partial charge in [0.25, 0.3) is 5.91 Å². The number of carbonyl (C=O) groups is 2. The summed E-state index contributed by atoms with van der Waals surface area (Å²) in [7, 11) is 0. The molecule has 0 fully saturated rings. The second-order valence-corrected chi connectivity index (χ2v) is 8.07. The Labute approximate surface area is 183 Å². The number of pyridine rings is 1. The number of benzene rings is 1. The highest BCUT2D eigenvalue weighted by Gasteiger charge is 2.33. The molecule has 0 spiro atoms. The van der Waals surface area contributed by atoms with Crippen molar-refractivity contribution in [1.82, 2.24) is 10.3 Å². The lowest BCUT2D eigenvalue weighted by Gasteiger charge is -2.23. The molecule has 2 rings (SSSR count). The van der Waals surface area contributed by atoms with Crippen LogP contribution in [0.2, 0.25) is 0 Å². The number of primary amides is 1. The smallest absolute Gasteiger partial charge is 0.254 e. The number of hydrogen-bond donors (Lipinski definition) is 3. The van der Waals surface area contributed by atoms with E-state index in [9.17, 15) is 19.1 Å². The van der Waals surface area contributed by atoms with Crippen LogP contribution in [0.15, 0.2) is 54.7 Å². The molecule has 0 aliphatic rings. The molecule has 0 saturated carbocycles. The number of hydrogen-bond acceptors (Lipinski definition) is 4. The van der Waals surface area contributed by atoms with Crippen molar-refractivity contribution < 1.29 is 19.1 Å². The summed E-state index contributed by atoms with van der Waals surface area (Å²) in [6.45, 7) is 1.51. The maximum absolute atomic E-state index is 14.3. The molecule has 7 heteroatoms. The third-order valence-electron chi connectivity index (χ3n) is 5.42. The summed E-state index contributed by atoms with van der Waals surface area (Å²) >= 11 is 0. The molecule has 1 heterocycles. The van der Waals surface area contributed by atoms with E-state index in [0.29, 0.717) is 25.8 Å². The van der Waals surface area contributed by atoms with E-state index < -0.39 is 23.6 Å². The molecule has 0 bridgehead atoms. The van der Waals surface area contributed by atoms with Crippen LogP contribution in [0.4, 0.5) is 4.39 Å². The average Bonchev–Trinajstić information content (AvgIpc) is 2.76. The average molecular weight is 430 g/mol. The van der Waals surface area contributed by atoms with Gasteiger partial charge >= 0.3 is 0 Å². The summed E-state index contributed by atoms with van der Waals surface area (Å²) in [5, 5.41) is 13.3. The summed E-state index contributed by atoms with van der Waals surface area (Å²) in [6, 6.07) is 15.3. The summed E-state index contributed by atoms with van der Waals surface area (Å²) < 4.78 is 14.3. The Morgan fingerprint density at radius 1 is 1.13 bits per heavy atom. The predicted molar refractivity (Wildman–Crippen MR) is 118 cm³/mol. The minimum Gasteiger partial charge on any atom is -0.393 e. The zero-order valence-corrected chi connectivity index (χ0v) is 18.0. The van der Waals surface area contributed by atoms with Crippen molar-refractivity contribution in [1.29, 1.82) is 0 Å². The molecule has 1 aromatic carbocycles. The molecule has 3 atom stereocenters. The first kappa shape index (κ1) is 24.5. The van der Waals surface area contributed by atoms with Crippen LogP contribution < -0.4 is 11.1 Å². The van der Waals surface area contributed by atoms with Crippen LogP contribution in [0, 0.1) is 5.92 Å². The lowest BCUT2D eigenvalue weighted by Crippen LogP contribution is -2.39. The van der Waals surface area contributed by atoms with Crippen LogP contribution in [0.5, 0.6) is 0 Å². The molecular weight excluding hydrogens is 397 g/mol. The van der Waals surface area contributed by atoms with Crippen molar-refractivity contribution in [2.24, 2.45) is 11.7 Å². The minimum atomic E-state index is -2.19. The van der Waals surface area contributed by atoms with Gasteiger partial charge in [-0.25, -0.2) is 4.39 Å². The second kappa shape index (κ2) is 12.2. The molecule has 6 nitrogen and oxygen atoms in total. The zero-order chi connectivity index (χ0) is 22.7. The highest BCUT2D eigenvalue weighted by molar-refractivity contribution is 5.83. The van der Waals surface area contributed by atoms with Gasteiger partial charge in [0, 0.05) is 30.8 Å². The fraction of sp³-hybridized carbons (Fsp3) is 0.458. The van der Waals surface area contributed by atoms with Crippen LogP contribution >= 0.6 is 0 Å². The minimum absolute atomic E-state index is 0.119. The molecule has 0 aliphatic heterocycles. The Bertz CT molecular complexity index is 815. The number of halogens is 1. The molecule has 1 aromatic heterocycles. The van der Waals surface area contributed by atoms with Gasteiger partial charge in [-0.15, -0.1) is 0 Å². The Morgan fingerprint density at radius 3 is 2.48 bits per heavy atom. The Balaban J connectivity index is 1.92. The molecule has 4 N–H and O–H groups in total. The van der Waals surface area contributed by atoms with Gasteiger partial charge in [-0.1, -0.05) is 36.4 Å². The molecule has 0 radical (unpaired) electrons. The summed E-state index contributed by atoms with van der Waals surface area (Å²) in [6.07, 6.45) is 2.85. The summed E-state index contributed by atoms with van der Waals surface area (Å²) in [4.78, 5) is 28.3. The van der Waals surface area contributed by atoms with Crippen molar-refractivity contribution in [2.75, 3.05) is 6.54 Å². The fourth-order valence-electron chi connectivity index (χ4n) is 3.35. The van der Waals surface area contributed by atoms with E-state index in [-0.39, 0.29) is 25.2 Å². The monoisotopic (exact) mass is 429 g/mol. The molecule has 31 heavy (non-hydrogen) atoms. The molecule has 1 unspecified atom stereocenters. The highest BCUT2D eigenvalue weighted by atomic mass is 19.1. The van der Waals surface area contributed by atoms with Gasteiger partial charge in [0.05, 0.1) is 6.10 Å². The quantitative estimate of drug-likeness (QED) is 0.455. The Hall–Kier alpha value is -2.80. The van der Waals surface area contributed by atoms with Crippen LogP contribution in [0.3, 0.4) is 0 Å². The highest BCUT2D eigenvalue weighted by Crippen LogP contribution is 2.24. The third-order valence-corrected chi connectivity index (χ3v) is 5.42. The van der Waals surface area contributed by atoms with Crippen LogP contribution in [0.25, 0.3) is 0 Å². The van der Waals surface area contributed by atoms with Gasteiger partial charge < -0.3 is 16.2 Å². The van der Waals surface area contributed by atoms with Crippen LogP contribution in [0.1, 0.15) is 43.9 Å². The molecule has 2 amide bonds. The van der Waals surface area contributed by atoms with Crippen LogP contribution in [-0.4, -0.2) is 40.2 Å². The van der Waals surface area contributed by atoms with Gasteiger partial charge in [-0.3, -0.25) is 14.6 Å². The lowest BCUT2D eigenvalue weighted by atomic mass is 9.88. The maximum Gasteiger partial charge on any atom is 0.254 e. The van der Waals surface area contributed by atoms with Crippen molar-refractivity contribution in [3.63, 3.8) is 0 Å². The van der Waals surface area contributed by atoms with Crippen molar-refractivity contribution >= 4 is 11.8 Å². The summed E-state index contributed by atoms with van der Waals surface area (Å²) in [5.41, 5.74) is 4.88. The lowest BCUT2D eigenvalue weighted by molar-refractivity contribution is -0.131. The zero-order valence-electron chi connectivity index (χ0n) is 18.0. The third kappa shape index (κ3) is 8.84. The van der Waals surface area contributed by atoms with E-state index >= 15 is 0 Å². The Kier molecular flexibility index (Phi) is 9.59. The van der Waals surface area contributed by atoms with E-state index in [1.807, 2.05) is 48.5 Å². The Morgan fingerprint density at radius 2 is 1.84 bits per heavy atom. The molecule has 2 aromatic rings. The number of amides is 2. The fourth-order valence-corrected chi connectivity index (χ4v) is 3.35. The SMILES string of the molecule is CC(F)(CC[C@H](C[C@@H](O)CCc1ccccc1)C(=O)NCCc1ccccn1)C(N)=O. The van der Waals surface area contributed by atoms with Crippen molar-refractivity contribution in [3.8, 4) is 0 Å². The van der Waals surface area contributed by atoms with E-state index in [0.717, 1.165) is 18.2 Å². The van der Waals surface area contributed by atoms with Gasteiger partial charge in [-0.05, 0) is 56.7 Å². The number of nitrogens with one attached hydrogen (secondary N) is 1. The van der Waals surface area contributed by atoms with Gasteiger partial charge in [0.15, 0.2) is 5.67 Å². The van der Waals surface area contributed by atoms with Gasteiger partial charge in [0.1, 0.15) is 0 Å². The second-order valence-electron chi connectivity index (χ2n) is 8.07. The topological polar surface area (TPSA) is 105 Å². The van der Waals surface area contributed by atoms with E-state index in [1.54, 1.807) is 6.20 Å². The number of aromatic nitrogens is 1. The number of aryl methyl sites for hydroxylation is 1. The summed E-state index contributed by atoms with van der Waals surface area (Å²) in [5.74, 6) is -1.94. The van der Waals surface area contributed by atoms with Crippen molar-refractivity contribution in [3.05, 3.63) is 66.0 Å². The van der Waals surface area contributed by atoms with Crippen LogP contribution in [-0.2, 0) is 22.4 Å². The first-order chi connectivity index (χ1) is 14.8. The van der Waals surface area contributed by atoms with E-state index in [2.05, 4.69) is 10.3 Å². The molecule has 0 aliphatic carbocycles. The van der Waals surface area contributed by atoms with E-state index in [4.69, 9.17) is 5.73 Å². The number of carbonyl (C=O) groups excluding carboxylic acids is 2. The number of aliphatic hydroxyl groups excluding tert-OH is 1. The largest absolute Gasteiger partial charge is 0.393 e. The molecule has 168 valence electrons. The predicted octanol–water partition coefficient (Wildman–Crippen LogP) is 2.73. The number of nitrogens with two attached hydrogens (primary N) is 1. The normalized spacial score (nSPS) is 14.9. The first-order valence-electron chi connectivity index (χ1n) is 10.7. The first-order valence-corrected chi connectivity index (χ1v) is 10.7. The number of alkyl halides is 1. The van der Waals surface area contributed by atoms with Gasteiger partial charge in [-0.2, -0.15) is 0 Å². The van der Waals surface area contributed by atoms with Gasteiger partial charge in [0.2, 0.25) is 5.91 Å². The number of nitrogens with zero attached hydrogens (tertiary/aromatic N) is 1.